The molecule has 18 heavy (non-hydrogen) atoms. The fourth-order valence-corrected chi connectivity index (χ4v) is 2.04. The Kier molecular flexibility index (Phi) is 4.15. The van der Waals surface area contributed by atoms with Crippen LogP contribution in [0.1, 0.15) is 29.6 Å². The van der Waals surface area contributed by atoms with Crippen molar-refractivity contribution in [3.8, 4) is 0 Å². The van der Waals surface area contributed by atoms with Crippen LogP contribution in [0.25, 0.3) is 0 Å². The lowest BCUT2D eigenvalue weighted by Crippen LogP contribution is -2.27. The van der Waals surface area contributed by atoms with Crippen LogP contribution in [0.2, 0.25) is 0 Å². The van der Waals surface area contributed by atoms with Crippen LogP contribution >= 0.6 is 0 Å². The van der Waals surface area contributed by atoms with Crippen molar-refractivity contribution in [1.29, 1.82) is 0 Å². The Morgan fingerprint density at radius 3 is 3.11 bits per heavy atom. The second-order valence-electron chi connectivity index (χ2n) is 4.41. The first-order valence-electron chi connectivity index (χ1n) is 6.11. The maximum absolute atomic E-state index is 13.0. The molecule has 1 fully saturated rings. The normalized spacial score (nSPS) is 18.8. The number of nitrogens with two attached hydrogens (primary N) is 1. The van der Waals surface area contributed by atoms with E-state index in [-0.39, 0.29) is 23.3 Å². The third-order valence-corrected chi connectivity index (χ3v) is 3.04. The van der Waals surface area contributed by atoms with Crippen molar-refractivity contribution >= 4 is 11.6 Å². The quantitative estimate of drug-likeness (QED) is 0.802. The molecule has 5 heteroatoms. The number of hydrogen-bond donors (Lipinski definition) is 2. The third kappa shape index (κ3) is 3.20. The molecule has 1 amide bonds. The molecule has 4 nitrogen and oxygen atoms in total. The van der Waals surface area contributed by atoms with E-state index in [1.807, 2.05) is 0 Å². The number of nitrogens with one attached hydrogen (secondary N) is 1. The zero-order chi connectivity index (χ0) is 13.0. The van der Waals surface area contributed by atoms with E-state index >= 15 is 0 Å². The van der Waals surface area contributed by atoms with Gasteiger partial charge in [-0.2, -0.15) is 0 Å². The van der Waals surface area contributed by atoms with Crippen LogP contribution in [0.15, 0.2) is 18.2 Å². The molecule has 0 aliphatic carbocycles. The van der Waals surface area contributed by atoms with Crippen molar-refractivity contribution in [1.82, 2.24) is 5.32 Å². The number of hydrogen-bond acceptors (Lipinski definition) is 3. The minimum atomic E-state index is -0.464. The van der Waals surface area contributed by atoms with Crippen LogP contribution in [-0.2, 0) is 4.74 Å². The molecule has 1 heterocycles. The Morgan fingerprint density at radius 2 is 2.39 bits per heavy atom. The molecule has 1 atom stereocenters. The summed E-state index contributed by atoms with van der Waals surface area (Å²) in [6.45, 7) is 1.31. The van der Waals surface area contributed by atoms with Gasteiger partial charge in [-0.3, -0.25) is 4.79 Å². The summed E-state index contributed by atoms with van der Waals surface area (Å²) < 4.78 is 18.5. The molecule has 1 saturated heterocycles. The maximum atomic E-state index is 13.0. The van der Waals surface area contributed by atoms with Crippen LogP contribution in [0.3, 0.4) is 0 Å². The van der Waals surface area contributed by atoms with Gasteiger partial charge in [-0.25, -0.2) is 4.39 Å². The molecular formula is C13H17FN2O2. The monoisotopic (exact) mass is 252 g/mol. The summed E-state index contributed by atoms with van der Waals surface area (Å²) >= 11 is 0. The molecule has 0 spiro atoms. The number of nitrogen functional groups attached to an aromatic ring is 1. The van der Waals surface area contributed by atoms with Gasteiger partial charge in [0.05, 0.1) is 11.7 Å². The molecule has 1 aliphatic heterocycles. The van der Waals surface area contributed by atoms with Gasteiger partial charge >= 0.3 is 0 Å². The molecule has 0 aromatic heterocycles. The maximum Gasteiger partial charge on any atom is 0.253 e. The van der Waals surface area contributed by atoms with Crippen LogP contribution < -0.4 is 11.1 Å². The molecule has 1 unspecified atom stereocenters. The van der Waals surface area contributed by atoms with Crippen molar-refractivity contribution in [3.05, 3.63) is 29.6 Å². The van der Waals surface area contributed by atoms with Gasteiger partial charge in [-0.05, 0) is 37.5 Å². The molecule has 1 aromatic carbocycles. The summed E-state index contributed by atoms with van der Waals surface area (Å²) in [5, 5.41) is 2.73. The summed E-state index contributed by atoms with van der Waals surface area (Å²) in [6.07, 6.45) is 3.13. The highest BCUT2D eigenvalue weighted by Gasteiger charge is 2.16. The van der Waals surface area contributed by atoms with Gasteiger partial charge in [0.2, 0.25) is 0 Å². The Hall–Kier alpha value is -1.62. The molecular weight excluding hydrogens is 235 g/mol. The van der Waals surface area contributed by atoms with Gasteiger partial charge in [-0.1, -0.05) is 0 Å². The highest BCUT2D eigenvalue weighted by Crippen LogP contribution is 2.15. The van der Waals surface area contributed by atoms with Crippen LogP contribution in [0.5, 0.6) is 0 Å². The molecule has 0 radical (unpaired) electrons. The molecule has 1 aromatic rings. The molecule has 2 rings (SSSR count). The summed E-state index contributed by atoms with van der Waals surface area (Å²) in [5.41, 5.74) is 6.10. The Labute approximate surface area is 105 Å². The molecule has 98 valence electrons. The van der Waals surface area contributed by atoms with E-state index in [9.17, 15) is 9.18 Å². The highest BCUT2D eigenvalue weighted by atomic mass is 19.1. The highest BCUT2D eigenvalue weighted by molar-refractivity contribution is 5.99. The van der Waals surface area contributed by atoms with Crippen molar-refractivity contribution in [2.24, 2.45) is 0 Å². The van der Waals surface area contributed by atoms with Crippen molar-refractivity contribution in [2.75, 3.05) is 18.9 Å². The Bertz CT molecular complexity index is 431. The predicted octanol–water partition coefficient (Wildman–Crippen LogP) is 1.71. The van der Waals surface area contributed by atoms with E-state index in [4.69, 9.17) is 10.5 Å². The average molecular weight is 252 g/mol. The summed E-state index contributed by atoms with van der Waals surface area (Å²) in [7, 11) is 0. The van der Waals surface area contributed by atoms with Gasteiger partial charge in [-0.15, -0.1) is 0 Å². The van der Waals surface area contributed by atoms with Gasteiger partial charge in [0.25, 0.3) is 5.91 Å². The number of ether oxygens (including phenoxy) is 1. The topological polar surface area (TPSA) is 64.4 Å². The first-order chi connectivity index (χ1) is 8.66. The number of carbonyl (C=O) groups excluding carboxylic acids is 1. The van der Waals surface area contributed by atoms with Crippen LogP contribution in [-0.4, -0.2) is 25.2 Å². The van der Waals surface area contributed by atoms with Crippen molar-refractivity contribution < 1.29 is 13.9 Å². The molecule has 0 bridgehead atoms. The smallest absolute Gasteiger partial charge is 0.253 e. The van der Waals surface area contributed by atoms with E-state index in [0.29, 0.717) is 6.54 Å². The number of carbonyl (C=O) groups is 1. The van der Waals surface area contributed by atoms with E-state index in [2.05, 4.69) is 5.32 Å². The van der Waals surface area contributed by atoms with Gasteiger partial charge in [0, 0.05) is 18.8 Å². The number of halogens is 1. The summed E-state index contributed by atoms with van der Waals surface area (Å²) in [5.74, 6) is -0.807. The van der Waals surface area contributed by atoms with E-state index < -0.39 is 5.82 Å². The molecule has 3 N–H and O–H groups in total. The zero-order valence-corrected chi connectivity index (χ0v) is 10.1. The fraction of sp³-hybridized carbons (Fsp3) is 0.462. The number of anilines is 1. The Morgan fingerprint density at radius 1 is 1.56 bits per heavy atom. The standard InChI is InChI=1S/C13H17FN2O2/c14-9-3-4-12(15)11(8-9)13(17)16-6-5-10-2-1-7-18-10/h3-4,8,10H,1-2,5-7,15H2,(H,16,17). The molecule has 1 aliphatic rings. The largest absolute Gasteiger partial charge is 0.398 e. The summed E-state index contributed by atoms with van der Waals surface area (Å²) in [6, 6.07) is 3.78. The van der Waals surface area contributed by atoms with E-state index in [0.717, 1.165) is 31.9 Å². The van der Waals surface area contributed by atoms with Gasteiger partial charge in [0.1, 0.15) is 5.82 Å². The summed E-state index contributed by atoms with van der Waals surface area (Å²) in [4.78, 5) is 11.8. The molecule has 0 saturated carbocycles. The second kappa shape index (κ2) is 5.82. The Balaban J connectivity index is 1.85. The first-order valence-corrected chi connectivity index (χ1v) is 6.11. The fourth-order valence-electron chi connectivity index (χ4n) is 2.04. The number of benzene rings is 1. The third-order valence-electron chi connectivity index (χ3n) is 3.04. The van der Waals surface area contributed by atoms with Crippen molar-refractivity contribution in [2.45, 2.75) is 25.4 Å². The lowest BCUT2D eigenvalue weighted by molar-refractivity contribution is 0.0907. The van der Waals surface area contributed by atoms with Crippen molar-refractivity contribution in [3.63, 3.8) is 0 Å². The van der Waals surface area contributed by atoms with Crippen LogP contribution in [0, 0.1) is 5.82 Å². The minimum Gasteiger partial charge on any atom is -0.398 e. The van der Waals surface area contributed by atoms with Gasteiger partial charge in [0.15, 0.2) is 0 Å². The average Bonchev–Trinajstić information content (AvgIpc) is 2.85. The SMILES string of the molecule is Nc1ccc(F)cc1C(=O)NCCC1CCCO1. The first kappa shape index (κ1) is 12.8. The second-order valence-corrected chi connectivity index (χ2v) is 4.41. The number of rotatable bonds is 4. The van der Waals surface area contributed by atoms with E-state index in [1.54, 1.807) is 0 Å². The lowest BCUT2D eigenvalue weighted by Gasteiger charge is -2.11. The number of amides is 1. The predicted molar refractivity (Wildman–Crippen MR) is 66.7 cm³/mol. The van der Waals surface area contributed by atoms with Crippen LogP contribution in [0.4, 0.5) is 10.1 Å². The van der Waals surface area contributed by atoms with E-state index in [1.165, 1.54) is 12.1 Å². The lowest BCUT2D eigenvalue weighted by atomic mass is 10.1. The zero-order valence-electron chi connectivity index (χ0n) is 10.1. The minimum absolute atomic E-state index is 0.183. The van der Waals surface area contributed by atoms with Gasteiger partial charge < -0.3 is 15.8 Å².